The van der Waals surface area contributed by atoms with Gasteiger partial charge in [-0.1, -0.05) is 18.2 Å². The smallest absolute Gasteiger partial charge is 0.193 e. The average molecular weight is 519 g/mol. The maximum atomic E-state index is 6.13. The van der Waals surface area contributed by atoms with Gasteiger partial charge in [0.15, 0.2) is 17.5 Å². The molecule has 158 valence electrons. The van der Waals surface area contributed by atoms with Gasteiger partial charge in [-0.05, 0) is 43.7 Å². The predicted molar refractivity (Wildman–Crippen MR) is 129 cm³/mol. The maximum Gasteiger partial charge on any atom is 0.193 e. The average Bonchev–Trinajstić information content (AvgIpc) is 2.90. The van der Waals surface area contributed by atoms with Crippen LogP contribution in [0.4, 0.5) is 5.69 Å². The van der Waals surface area contributed by atoms with Crippen LogP contribution in [0.2, 0.25) is 0 Å². The maximum absolute atomic E-state index is 6.13. The first-order valence-electron chi connectivity index (χ1n) is 9.68. The van der Waals surface area contributed by atoms with E-state index in [2.05, 4.69) is 21.5 Å². The third-order valence-corrected chi connectivity index (χ3v) is 4.67. The lowest BCUT2D eigenvalue weighted by atomic mass is 10.2. The monoisotopic (exact) mass is 519 g/mol. The molecule has 0 spiro atoms. The van der Waals surface area contributed by atoms with Crippen LogP contribution < -0.4 is 20.5 Å². The van der Waals surface area contributed by atoms with Gasteiger partial charge in [0, 0.05) is 23.9 Å². The number of benzene rings is 2. The van der Waals surface area contributed by atoms with E-state index in [1.165, 1.54) is 0 Å². The number of hydrogen-bond donors (Lipinski definition) is 2. The van der Waals surface area contributed by atoms with Gasteiger partial charge in [-0.15, -0.1) is 24.0 Å². The lowest BCUT2D eigenvalue weighted by Gasteiger charge is -2.12. The summed E-state index contributed by atoms with van der Waals surface area (Å²) in [7, 11) is 0. The minimum absolute atomic E-state index is 0. The molecule has 0 amide bonds. The molecule has 0 aliphatic carbocycles. The number of halogens is 1. The molecule has 0 saturated heterocycles. The number of para-hydroxylation sites is 1. The van der Waals surface area contributed by atoms with Crippen molar-refractivity contribution in [1.82, 2.24) is 9.78 Å². The lowest BCUT2D eigenvalue weighted by Crippen LogP contribution is -2.22. The molecule has 0 saturated carbocycles. The summed E-state index contributed by atoms with van der Waals surface area (Å²) in [5.41, 5.74) is 11.0. The van der Waals surface area contributed by atoms with Gasteiger partial charge in [0.2, 0.25) is 0 Å². The van der Waals surface area contributed by atoms with Crippen LogP contribution in [0, 0.1) is 13.8 Å². The normalized spacial score (nSPS) is 13.3. The summed E-state index contributed by atoms with van der Waals surface area (Å²) in [6.45, 7) is 5.78. The molecule has 7 nitrogen and oxygen atoms in total. The molecule has 3 aromatic rings. The highest BCUT2D eigenvalue weighted by Crippen LogP contribution is 2.32. The van der Waals surface area contributed by atoms with Crippen LogP contribution in [-0.2, 0) is 6.54 Å². The van der Waals surface area contributed by atoms with Gasteiger partial charge in [0.05, 0.1) is 31.1 Å². The Morgan fingerprint density at radius 2 is 1.87 bits per heavy atom. The Balaban J connectivity index is 0.00000256. The van der Waals surface area contributed by atoms with Crippen molar-refractivity contribution in [2.45, 2.75) is 26.8 Å². The van der Waals surface area contributed by atoms with E-state index in [0.717, 1.165) is 46.2 Å². The Hall–Kier alpha value is -2.75. The number of anilines is 1. The second kappa shape index (κ2) is 9.84. The minimum atomic E-state index is 0. The number of ether oxygens (including phenoxy) is 2. The Morgan fingerprint density at radius 1 is 1.10 bits per heavy atom. The Labute approximate surface area is 193 Å². The molecule has 2 aromatic carbocycles. The molecule has 0 atom stereocenters. The molecular formula is C22H26IN5O2. The van der Waals surface area contributed by atoms with Crippen molar-refractivity contribution in [3.63, 3.8) is 0 Å². The van der Waals surface area contributed by atoms with E-state index in [4.69, 9.17) is 15.2 Å². The fourth-order valence-corrected chi connectivity index (χ4v) is 3.32. The number of fused-ring (bicyclic) bond motifs is 1. The second-order valence-corrected chi connectivity index (χ2v) is 7.01. The van der Waals surface area contributed by atoms with E-state index in [0.29, 0.717) is 25.7 Å². The molecule has 1 aliphatic heterocycles. The van der Waals surface area contributed by atoms with E-state index >= 15 is 0 Å². The molecular weight excluding hydrogens is 493 g/mol. The van der Waals surface area contributed by atoms with Crippen molar-refractivity contribution in [3.8, 4) is 17.2 Å². The first-order valence-corrected chi connectivity index (χ1v) is 9.68. The van der Waals surface area contributed by atoms with Crippen molar-refractivity contribution >= 4 is 35.6 Å². The summed E-state index contributed by atoms with van der Waals surface area (Å²) in [4.78, 5) is 4.51. The SMILES string of the molecule is Cc1cc(C)n(-c2ccccc2CN=C(N)Nc2ccc3c(c2)OCCCO3)n1.I. The second-order valence-electron chi connectivity index (χ2n) is 7.01. The predicted octanol–water partition coefficient (Wildman–Crippen LogP) is 4.20. The molecule has 0 unspecified atom stereocenters. The van der Waals surface area contributed by atoms with Crippen molar-refractivity contribution in [2.75, 3.05) is 18.5 Å². The zero-order valence-electron chi connectivity index (χ0n) is 17.1. The number of nitrogens with one attached hydrogen (secondary N) is 1. The van der Waals surface area contributed by atoms with Gasteiger partial charge < -0.3 is 20.5 Å². The largest absolute Gasteiger partial charge is 0.490 e. The van der Waals surface area contributed by atoms with E-state index in [1.807, 2.05) is 61.0 Å². The van der Waals surface area contributed by atoms with Gasteiger partial charge >= 0.3 is 0 Å². The third kappa shape index (κ3) is 5.05. The molecule has 0 bridgehead atoms. The van der Waals surface area contributed by atoms with Crippen LogP contribution in [0.1, 0.15) is 23.4 Å². The highest BCUT2D eigenvalue weighted by molar-refractivity contribution is 14.0. The molecule has 30 heavy (non-hydrogen) atoms. The summed E-state index contributed by atoms with van der Waals surface area (Å²) in [5, 5.41) is 7.71. The number of guanidine groups is 1. The Kier molecular flexibility index (Phi) is 7.20. The molecule has 3 N–H and O–H groups in total. The van der Waals surface area contributed by atoms with Gasteiger partial charge in [-0.3, -0.25) is 0 Å². The van der Waals surface area contributed by atoms with E-state index in [1.54, 1.807) is 0 Å². The zero-order chi connectivity index (χ0) is 20.2. The van der Waals surface area contributed by atoms with E-state index < -0.39 is 0 Å². The molecule has 1 aromatic heterocycles. The summed E-state index contributed by atoms with van der Waals surface area (Å²) in [6, 6.07) is 15.8. The minimum Gasteiger partial charge on any atom is -0.490 e. The standard InChI is InChI=1S/C22H25N5O2.HI/c1-15-12-16(2)27(26-15)19-7-4-3-6-17(19)14-24-22(23)25-18-8-9-20-21(13-18)29-11-5-10-28-20;/h3-4,6-9,12-13H,5,10-11,14H2,1-2H3,(H3,23,24,25);1H. The van der Waals surface area contributed by atoms with Gasteiger partial charge in [-0.2, -0.15) is 5.10 Å². The fraction of sp³-hybridized carbons (Fsp3) is 0.273. The van der Waals surface area contributed by atoms with Gasteiger partial charge in [0.25, 0.3) is 0 Å². The Bertz CT molecular complexity index is 1050. The quantitative estimate of drug-likeness (QED) is 0.307. The van der Waals surface area contributed by atoms with Crippen molar-refractivity contribution in [1.29, 1.82) is 0 Å². The zero-order valence-corrected chi connectivity index (χ0v) is 19.4. The molecule has 0 radical (unpaired) electrons. The number of rotatable bonds is 4. The number of aryl methyl sites for hydroxylation is 2. The van der Waals surface area contributed by atoms with Crippen molar-refractivity contribution in [3.05, 3.63) is 65.5 Å². The van der Waals surface area contributed by atoms with E-state index in [-0.39, 0.29) is 24.0 Å². The number of aliphatic imine (C=N–C) groups is 1. The number of aromatic nitrogens is 2. The van der Waals surface area contributed by atoms with Crippen molar-refractivity contribution in [2.24, 2.45) is 10.7 Å². The summed E-state index contributed by atoms with van der Waals surface area (Å²) in [5.74, 6) is 1.81. The first-order chi connectivity index (χ1) is 14.1. The molecule has 0 fully saturated rings. The summed E-state index contributed by atoms with van der Waals surface area (Å²) >= 11 is 0. The van der Waals surface area contributed by atoms with Crippen LogP contribution in [-0.4, -0.2) is 29.0 Å². The topological polar surface area (TPSA) is 86.7 Å². The summed E-state index contributed by atoms with van der Waals surface area (Å²) < 4.78 is 13.3. The summed E-state index contributed by atoms with van der Waals surface area (Å²) in [6.07, 6.45) is 0.871. The molecule has 2 heterocycles. The van der Waals surface area contributed by atoms with Crippen LogP contribution >= 0.6 is 24.0 Å². The van der Waals surface area contributed by atoms with Gasteiger partial charge in [-0.25, -0.2) is 9.67 Å². The van der Waals surface area contributed by atoms with Crippen LogP contribution in [0.15, 0.2) is 53.5 Å². The van der Waals surface area contributed by atoms with Crippen molar-refractivity contribution < 1.29 is 9.47 Å². The fourth-order valence-electron chi connectivity index (χ4n) is 3.32. The highest BCUT2D eigenvalue weighted by Gasteiger charge is 2.11. The van der Waals surface area contributed by atoms with Crippen LogP contribution in [0.3, 0.4) is 0 Å². The Morgan fingerprint density at radius 3 is 2.63 bits per heavy atom. The first kappa shape index (κ1) is 21.9. The third-order valence-electron chi connectivity index (χ3n) is 4.67. The number of nitrogens with zero attached hydrogens (tertiary/aromatic N) is 3. The van der Waals surface area contributed by atoms with Gasteiger partial charge in [0.1, 0.15) is 0 Å². The number of hydrogen-bond acceptors (Lipinski definition) is 4. The lowest BCUT2D eigenvalue weighted by molar-refractivity contribution is 0.297. The molecule has 4 rings (SSSR count). The van der Waals surface area contributed by atoms with Crippen LogP contribution in [0.5, 0.6) is 11.5 Å². The highest BCUT2D eigenvalue weighted by atomic mass is 127. The molecule has 8 heteroatoms. The number of nitrogens with two attached hydrogens (primary N) is 1. The molecule has 1 aliphatic rings. The van der Waals surface area contributed by atoms with E-state index in [9.17, 15) is 0 Å². The van der Waals surface area contributed by atoms with Crippen LogP contribution in [0.25, 0.3) is 5.69 Å².